The van der Waals surface area contributed by atoms with Crippen molar-refractivity contribution >= 4 is 23.5 Å². The van der Waals surface area contributed by atoms with E-state index in [1.165, 1.54) is 0 Å². The van der Waals surface area contributed by atoms with E-state index in [2.05, 4.69) is 10.6 Å². The molecule has 0 spiro atoms. The minimum Gasteiger partial charge on any atom is -0.481 e. The standard InChI is InChI=1S/C15H20N2O4/c1-3-4-11(15(20)21)9-16-13(18)14(19)17-12-7-5-10(2)6-8-12/h5-8,11H,3-4,9H2,1-2H3,(H,16,18)(H,17,19)(H,20,21). The monoisotopic (exact) mass is 292 g/mol. The fourth-order valence-electron chi connectivity index (χ4n) is 1.78. The van der Waals surface area contributed by atoms with E-state index >= 15 is 0 Å². The Morgan fingerprint density at radius 2 is 1.76 bits per heavy atom. The molecular formula is C15H20N2O4. The van der Waals surface area contributed by atoms with Crippen molar-refractivity contribution in [1.29, 1.82) is 0 Å². The number of carbonyl (C=O) groups excluding carboxylic acids is 2. The van der Waals surface area contributed by atoms with Crippen molar-refractivity contribution in [2.45, 2.75) is 26.7 Å². The van der Waals surface area contributed by atoms with Gasteiger partial charge in [-0.3, -0.25) is 14.4 Å². The van der Waals surface area contributed by atoms with Crippen molar-refractivity contribution in [1.82, 2.24) is 5.32 Å². The molecule has 114 valence electrons. The van der Waals surface area contributed by atoms with Gasteiger partial charge in [0.2, 0.25) is 0 Å². The molecule has 0 saturated carbocycles. The van der Waals surface area contributed by atoms with Crippen molar-refractivity contribution in [2.75, 3.05) is 11.9 Å². The van der Waals surface area contributed by atoms with E-state index in [4.69, 9.17) is 5.11 Å². The number of carboxylic acid groups (broad SMARTS) is 1. The van der Waals surface area contributed by atoms with E-state index in [0.29, 0.717) is 18.5 Å². The van der Waals surface area contributed by atoms with E-state index in [9.17, 15) is 14.4 Å². The smallest absolute Gasteiger partial charge is 0.313 e. The van der Waals surface area contributed by atoms with Gasteiger partial charge in [-0.2, -0.15) is 0 Å². The average Bonchev–Trinajstić information content (AvgIpc) is 2.45. The highest BCUT2D eigenvalue weighted by atomic mass is 16.4. The molecule has 2 amide bonds. The number of carboxylic acids is 1. The lowest BCUT2D eigenvalue weighted by atomic mass is 10.0. The van der Waals surface area contributed by atoms with Gasteiger partial charge < -0.3 is 15.7 Å². The Bertz CT molecular complexity index is 511. The zero-order chi connectivity index (χ0) is 15.8. The van der Waals surface area contributed by atoms with E-state index < -0.39 is 23.7 Å². The number of aliphatic carboxylic acids is 1. The van der Waals surface area contributed by atoms with E-state index in [1.54, 1.807) is 12.1 Å². The molecular weight excluding hydrogens is 272 g/mol. The van der Waals surface area contributed by atoms with Crippen LogP contribution in [0.25, 0.3) is 0 Å². The second-order valence-electron chi connectivity index (χ2n) is 4.85. The summed E-state index contributed by atoms with van der Waals surface area (Å²) >= 11 is 0. The van der Waals surface area contributed by atoms with Gasteiger partial charge in [0.05, 0.1) is 5.92 Å². The molecule has 0 heterocycles. The number of hydrogen-bond donors (Lipinski definition) is 3. The molecule has 0 bridgehead atoms. The first kappa shape index (κ1) is 16.7. The van der Waals surface area contributed by atoms with Crippen molar-refractivity contribution in [3.05, 3.63) is 29.8 Å². The van der Waals surface area contributed by atoms with Gasteiger partial charge in [0.15, 0.2) is 0 Å². The molecule has 0 aliphatic carbocycles. The highest BCUT2D eigenvalue weighted by molar-refractivity contribution is 6.39. The van der Waals surface area contributed by atoms with Crippen LogP contribution in [0.3, 0.4) is 0 Å². The predicted octanol–water partition coefficient (Wildman–Crippen LogP) is 1.55. The topological polar surface area (TPSA) is 95.5 Å². The normalized spacial score (nSPS) is 11.5. The largest absolute Gasteiger partial charge is 0.481 e. The fourth-order valence-corrected chi connectivity index (χ4v) is 1.78. The average molecular weight is 292 g/mol. The van der Waals surface area contributed by atoms with Crippen LogP contribution < -0.4 is 10.6 Å². The second kappa shape index (κ2) is 8.04. The quantitative estimate of drug-likeness (QED) is 0.693. The minimum atomic E-state index is -0.976. The van der Waals surface area contributed by atoms with Crippen LogP contribution in [0, 0.1) is 12.8 Å². The highest BCUT2D eigenvalue weighted by Crippen LogP contribution is 2.08. The molecule has 0 fully saturated rings. The third kappa shape index (κ3) is 5.64. The lowest BCUT2D eigenvalue weighted by Crippen LogP contribution is -2.39. The van der Waals surface area contributed by atoms with Crippen LogP contribution in [0.1, 0.15) is 25.3 Å². The number of carbonyl (C=O) groups is 3. The van der Waals surface area contributed by atoms with Gasteiger partial charge in [0, 0.05) is 12.2 Å². The van der Waals surface area contributed by atoms with Crippen LogP contribution in [0.5, 0.6) is 0 Å². The third-order valence-electron chi connectivity index (χ3n) is 3.01. The number of aryl methyl sites for hydroxylation is 1. The number of nitrogens with one attached hydrogen (secondary N) is 2. The molecule has 0 aliphatic heterocycles. The minimum absolute atomic E-state index is 0.0523. The summed E-state index contributed by atoms with van der Waals surface area (Å²) in [6.07, 6.45) is 1.15. The Hall–Kier alpha value is -2.37. The Morgan fingerprint density at radius 3 is 2.29 bits per heavy atom. The van der Waals surface area contributed by atoms with E-state index in [1.807, 2.05) is 26.0 Å². The van der Waals surface area contributed by atoms with Crippen LogP contribution >= 0.6 is 0 Å². The van der Waals surface area contributed by atoms with Crippen LogP contribution in [-0.2, 0) is 14.4 Å². The highest BCUT2D eigenvalue weighted by Gasteiger charge is 2.20. The summed E-state index contributed by atoms with van der Waals surface area (Å²) in [5.41, 5.74) is 1.56. The molecule has 21 heavy (non-hydrogen) atoms. The van der Waals surface area contributed by atoms with Crippen molar-refractivity contribution in [3.63, 3.8) is 0 Å². The van der Waals surface area contributed by atoms with Gasteiger partial charge in [0.1, 0.15) is 0 Å². The Labute approximate surface area is 123 Å². The van der Waals surface area contributed by atoms with Gasteiger partial charge in [-0.25, -0.2) is 0 Å². The zero-order valence-electron chi connectivity index (χ0n) is 12.2. The molecule has 6 heteroatoms. The lowest BCUT2D eigenvalue weighted by Gasteiger charge is -2.12. The third-order valence-corrected chi connectivity index (χ3v) is 3.01. The molecule has 0 radical (unpaired) electrons. The fraction of sp³-hybridized carbons (Fsp3) is 0.400. The van der Waals surface area contributed by atoms with Crippen molar-refractivity contribution in [2.24, 2.45) is 5.92 Å². The lowest BCUT2D eigenvalue weighted by molar-refractivity contribution is -0.142. The van der Waals surface area contributed by atoms with Crippen LogP contribution in [0.15, 0.2) is 24.3 Å². The summed E-state index contributed by atoms with van der Waals surface area (Å²) in [5, 5.41) is 13.8. The van der Waals surface area contributed by atoms with Gasteiger partial charge in [-0.1, -0.05) is 31.0 Å². The van der Waals surface area contributed by atoms with E-state index in [0.717, 1.165) is 5.56 Å². The van der Waals surface area contributed by atoms with E-state index in [-0.39, 0.29) is 6.54 Å². The SMILES string of the molecule is CCCC(CNC(=O)C(=O)Nc1ccc(C)cc1)C(=O)O. The maximum Gasteiger partial charge on any atom is 0.313 e. The van der Waals surface area contributed by atoms with Gasteiger partial charge in [-0.15, -0.1) is 0 Å². The van der Waals surface area contributed by atoms with Gasteiger partial charge in [0.25, 0.3) is 0 Å². The van der Waals surface area contributed by atoms with Crippen molar-refractivity contribution < 1.29 is 19.5 Å². The maximum atomic E-state index is 11.7. The number of hydrogen-bond acceptors (Lipinski definition) is 3. The number of rotatable bonds is 6. The predicted molar refractivity (Wildman–Crippen MR) is 78.9 cm³/mol. The first-order chi connectivity index (χ1) is 9.93. The molecule has 0 saturated heterocycles. The molecule has 1 aromatic rings. The molecule has 1 atom stereocenters. The molecule has 6 nitrogen and oxygen atoms in total. The summed E-state index contributed by atoms with van der Waals surface area (Å²) in [6, 6.07) is 7.01. The number of amides is 2. The molecule has 3 N–H and O–H groups in total. The van der Waals surface area contributed by atoms with Gasteiger partial charge in [-0.05, 0) is 25.5 Å². The number of benzene rings is 1. The Balaban J connectivity index is 2.49. The van der Waals surface area contributed by atoms with Crippen LogP contribution in [-0.4, -0.2) is 29.4 Å². The Kier molecular flexibility index (Phi) is 6.39. The van der Waals surface area contributed by atoms with Crippen molar-refractivity contribution in [3.8, 4) is 0 Å². The zero-order valence-corrected chi connectivity index (χ0v) is 12.2. The maximum absolute atomic E-state index is 11.7. The summed E-state index contributed by atoms with van der Waals surface area (Å²) < 4.78 is 0. The molecule has 0 aliphatic rings. The molecule has 1 aromatic carbocycles. The molecule has 1 rings (SSSR count). The summed E-state index contributed by atoms with van der Waals surface area (Å²) in [4.78, 5) is 34.2. The second-order valence-corrected chi connectivity index (χ2v) is 4.85. The summed E-state index contributed by atoms with van der Waals surface area (Å²) in [5.74, 6) is -3.29. The van der Waals surface area contributed by atoms with Crippen LogP contribution in [0.4, 0.5) is 5.69 Å². The summed E-state index contributed by atoms with van der Waals surface area (Å²) in [7, 11) is 0. The Morgan fingerprint density at radius 1 is 1.14 bits per heavy atom. The first-order valence-corrected chi connectivity index (χ1v) is 6.82. The molecule has 0 aromatic heterocycles. The molecule has 1 unspecified atom stereocenters. The van der Waals surface area contributed by atoms with Crippen LogP contribution in [0.2, 0.25) is 0 Å². The number of anilines is 1. The van der Waals surface area contributed by atoms with Gasteiger partial charge >= 0.3 is 17.8 Å². The first-order valence-electron chi connectivity index (χ1n) is 6.82. The summed E-state index contributed by atoms with van der Waals surface area (Å²) in [6.45, 7) is 3.73.